The van der Waals surface area contributed by atoms with Gasteiger partial charge in [-0.05, 0) is 26.0 Å². The van der Waals surface area contributed by atoms with Crippen LogP contribution in [0.5, 0.6) is 5.75 Å². The summed E-state index contributed by atoms with van der Waals surface area (Å²) in [6.45, 7) is 4.40. The molecule has 2 heterocycles. The Hall–Kier alpha value is -2.08. The van der Waals surface area contributed by atoms with Crippen molar-refractivity contribution in [1.29, 1.82) is 0 Å². The molecule has 2 aromatic rings. The summed E-state index contributed by atoms with van der Waals surface area (Å²) >= 11 is 1.59. The van der Waals surface area contributed by atoms with Gasteiger partial charge in [0.25, 0.3) is 5.91 Å². The first-order chi connectivity index (χ1) is 10.1. The quantitative estimate of drug-likeness (QED) is 0.914. The maximum absolute atomic E-state index is 12.3. The van der Waals surface area contributed by atoms with Crippen LogP contribution in [0.4, 0.5) is 5.69 Å². The van der Waals surface area contributed by atoms with E-state index in [0.717, 1.165) is 15.6 Å². The van der Waals surface area contributed by atoms with Crippen molar-refractivity contribution in [3.63, 3.8) is 0 Å². The topological polar surface area (TPSA) is 63.2 Å². The van der Waals surface area contributed by atoms with E-state index in [1.807, 2.05) is 44.3 Å². The average Bonchev–Trinajstić information content (AvgIpc) is 2.93. The maximum Gasteiger partial charge on any atom is 0.263 e. The number of benzene rings is 1. The second-order valence-corrected chi connectivity index (χ2v) is 6.29. The van der Waals surface area contributed by atoms with Gasteiger partial charge in [-0.3, -0.25) is 4.79 Å². The Kier molecular flexibility index (Phi) is 3.79. The minimum Gasteiger partial charge on any atom is -0.477 e. The Morgan fingerprint density at radius 1 is 1.52 bits per heavy atom. The zero-order valence-corrected chi connectivity index (χ0v) is 12.7. The van der Waals surface area contributed by atoms with Crippen LogP contribution in [0.1, 0.15) is 22.9 Å². The lowest BCUT2D eigenvalue weighted by Crippen LogP contribution is -2.45. The molecule has 0 saturated heterocycles. The van der Waals surface area contributed by atoms with Crippen molar-refractivity contribution in [3.05, 3.63) is 40.3 Å². The number of hydrogen-bond donors (Lipinski definition) is 2. The first kappa shape index (κ1) is 13.9. The molecule has 6 heteroatoms. The Balaban J connectivity index is 1.64. The zero-order chi connectivity index (χ0) is 14.8. The summed E-state index contributed by atoms with van der Waals surface area (Å²) in [5.41, 5.74) is 0.921. The monoisotopic (exact) mass is 303 g/mol. The fourth-order valence-corrected chi connectivity index (χ4v) is 2.98. The van der Waals surface area contributed by atoms with Crippen LogP contribution in [-0.4, -0.2) is 23.5 Å². The van der Waals surface area contributed by atoms with E-state index in [4.69, 9.17) is 4.74 Å². The van der Waals surface area contributed by atoms with Gasteiger partial charge in [-0.2, -0.15) is 0 Å². The molecule has 1 aromatic carbocycles. The molecule has 1 aliphatic heterocycles. The molecule has 21 heavy (non-hydrogen) atoms. The molecular weight excluding hydrogens is 286 g/mol. The van der Waals surface area contributed by atoms with Crippen LogP contribution < -0.4 is 15.4 Å². The number of para-hydroxylation sites is 2. The van der Waals surface area contributed by atoms with Gasteiger partial charge in [0.1, 0.15) is 10.8 Å². The van der Waals surface area contributed by atoms with Gasteiger partial charge in [0.2, 0.25) is 0 Å². The van der Waals surface area contributed by atoms with E-state index >= 15 is 0 Å². The third-order valence-corrected chi connectivity index (χ3v) is 4.39. The molecule has 1 amide bonds. The van der Waals surface area contributed by atoms with Crippen LogP contribution in [0.15, 0.2) is 30.5 Å². The van der Waals surface area contributed by atoms with E-state index < -0.39 is 6.10 Å². The van der Waals surface area contributed by atoms with Crippen molar-refractivity contribution < 1.29 is 9.53 Å². The Labute approximate surface area is 127 Å². The fourth-order valence-electron chi connectivity index (χ4n) is 2.20. The van der Waals surface area contributed by atoms with Crippen molar-refractivity contribution in [1.82, 2.24) is 10.3 Å². The predicted molar refractivity (Wildman–Crippen MR) is 82.8 cm³/mol. The summed E-state index contributed by atoms with van der Waals surface area (Å²) in [7, 11) is 0. The number of anilines is 1. The number of hydrogen-bond acceptors (Lipinski definition) is 5. The lowest BCUT2D eigenvalue weighted by molar-refractivity contribution is -0.128. The van der Waals surface area contributed by atoms with Crippen molar-refractivity contribution in [2.75, 3.05) is 11.9 Å². The van der Waals surface area contributed by atoms with Crippen LogP contribution in [0.25, 0.3) is 0 Å². The number of rotatable bonds is 3. The molecule has 2 unspecified atom stereocenters. The first-order valence-electron chi connectivity index (χ1n) is 6.86. The van der Waals surface area contributed by atoms with Gasteiger partial charge in [-0.1, -0.05) is 12.1 Å². The average molecular weight is 303 g/mol. The van der Waals surface area contributed by atoms with Crippen LogP contribution >= 0.6 is 11.3 Å². The molecule has 3 rings (SSSR count). The number of aromatic nitrogens is 1. The summed E-state index contributed by atoms with van der Waals surface area (Å²) in [5.74, 6) is 0.582. The van der Waals surface area contributed by atoms with E-state index in [-0.39, 0.29) is 11.9 Å². The molecule has 0 fully saturated rings. The molecule has 5 nitrogen and oxygen atoms in total. The van der Waals surface area contributed by atoms with E-state index in [9.17, 15) is 4.79 Å². The predicted octanol–water partition coefficient (Wildman–Crippen LogP) is 2.50. The molecule has 0 bridgehead atoms. The highest BCUT2D eigenvalue weighted by Gasteiger charge is 2.27. The van der Waals surface area contributed by atoms with Gasteiger partial charge < -0.3 is 15.4 Å². The van der Waals surface area contributed by atoms with Gasteiger partial charge in [0.05, 0.1) is 18.3 Å². The summed E-state index contributed by atoms with van der Waals surface area (Å²) in [4.78, 5) is 17.7. The second kappa shape index (κ2) is 5.73. The first-order valence-corrected chi connectivity index (χ1v) is 7.67. The molecule has 2 atom stereocenters. The molecule has 0 spiro atoms. The van der Waals surface area contributed by atoms with Crippen molar-refractivity contribution in [2.45, 2.75) is 26.0 Å². The standard InChI is InChI=1S/C15H17N3O2S/c1-9-7-17-15(21-9)10(2)18-14(19)13-8-16-11-5-3-4-6-12(11)20-13/h3-7,10,13,16H,8H2,1-2H3,(H,18,19). The zero-order valence-electron chi connectivity index (χ0n) is 11.9. The maximum atomic E-state index is 12.3. The van der Waals surface area contributed by atoms with E-state index in [2.05, 4.69) is 15.6 Å². The summed E-state index contributed by atoms with van der Waals surface area (Å²) in [5, 5.41) is 7.07. The third-order valence-electron chi connectivity index (χ3n) is 3.29. The largest absolute Gasteiger partial charge is 0.477 e. The Bertz CT molecular complexity index is 656. The molecular formula is C15H17N3O2S. The second-order valence-electron chi connectivity index (χ2n) is 5.02. The molecule has 0 radical (unpaired) electrons. The van der Waals surface area contributed by atoms with Crippen LogP contribution in [-0.2, 0) is 4.79 Å². The van der Waals surface area contributed by atoms with Crippen molar-refractivity contribution in [2.24, 2.45) is 0 Å². The van der Waals surface area contributed by atoms with E-state index in [0.29, 0.717) is 12.3 Å². The van der Waals surface area contributed by atoms with E-state index in [1.54, 1.807) is 11.3 Å². The lowest BCUT2D eigenvalue weighted by atomic mass is 10.2. The van der Waals surface area contributed by atoms with Gasteiger partial charge in [-0.15, -0.1) is 11.3 Å². The number of carbonyl (C=O) groups excluding carboxylic acids is 1. The number of thiazole rings is 1. The summed E-state index contributed by atoms with van der Waals surface area (Å²) < 4.78 is 5.74. The number of aryl methyl sites for hydroxylation is 1. The molecule has 0 saturated carbocycles. The Morgan fingerprint density at radius 3 is 3.10 bits per heavy atom. The number of fused-ring (bicyclic) bond motifs is 1. The summed E-state index contributed by atoms with van der Waals surface area (Å²) in [6.07, 6.45) is 1.29. The highest BCUT2D eigenvalue weighted by Crippen LogP contribution is 2.28. The van der Waals surface area contributed by atoms with Crippen molar-refractivity contribution >= 4 is 22.9 Å². The minimum atomic E-state index is -0.525. The molecule has 2 N–H and O–H groups in total. The fraction of sp³-hybridized carbons (Fsp3) is 0.333. The molecule has 110 valence electrons. The number of amides is 1. The highest BCUT2D eigenvalue weighted by molar-refractivity contribution is 7.11. The van der Waals surface area contributed by atoms with Gasteiger partial charge >= 0.3 is 0 Å². The van der Waals surface area contributed by atoms with Crippen LogP contribution in [0, 0.1) is 6.92 Å². The van der Waals surface area contributed by atoms with Gasteiger partial charge in [0, 0.05) is 11.1 Å². The number of ether oxygens (including phenoxy) is 1. The molecule has 1 aliphatic rings. The van der Waals surface area contributed by atoms with Crippen LogP contribution in [0.2, 0.25) is 0 Å². The SMILES string of the molecule is Cc1cnc(C(C)NC(=O)C2CNc3ccccc3O2)s1. The van der Waals surface area contributed by atoms with Gasteiger partial charge in [0.15, 0.2) is 6.10 Å². The van der Waals surface area contributed by atoms with Crippen molar-refractivity contribution in [3.8, 4) is 5.75 Å². The number of carbonyl (C=O) groups is 1. The third kappa shape index (κ3) is 3.00. The molecule has 0 aliphatic carbocycles. The van der Waals surface area contributed by atoms with Crippen LogP contribution in [0.3, 0.4) is 0 Å². The summed E-state index contributed by atoms with van der Waals surface area (Å²) in [6, 6.07) is 7.50. The van der Waals surface area contributed by atoms with Gasteiger partial charge in [-0.25, -0.2) is 4.98 Å². The number of nitrogens with one attached hydrogen (secondary N) is 2. The Morgan fingerprint density at radius 2 is 2.33 bits per heavy atom. The molecule has 1 aromatic heterocycles. The minimum absolute atomic E-state index is 0.114. The van der Waals surface area contributed by atoms with E-state index in [1.165, 1.54) is 0 Å². The number of nitrogens with zero attached hydrogens (tertiary/aromatic N) is 1. The highest BCUT2D eigenvalue weighted by atomic mass is 32.1. The lowest BCUT2D eigenvalue weighted by Gasteiger charge is -2.27. The smallest absolute Gasteiger partial charge is 0.263 e. The normalized spacial score (nSPS) is 18.1.